The first kappa shape index (κ1) is 10.9. The van der Waals surface area contributed by atoms with Crippen LogP contribution in [0.5, 0.6) is 0 Å². The maximum atomic E-state index is 5.40. The molecule has 1 aromatic carbocycles. The molecule has 0 atom stereocenters. The summed E-state index contributed by atoms with van der Waals surface area (Å²) in [5.41, 5.74) is 2.56. The van der Waals surface area contributed by atoms with Crippen molar-refractivity contribution in [3.05, 3.63) is 24.3 Å². The number of ether oxygens (including phenoxy) is 1. The Morgan fingerprint density at radius 3 is 2.65 bits per heavy atom. The van der Waals surface area contributed by atoms with Gasteiger partial charge in [-0.15, -0.1) is 0 Å². The first-order valence-corrected chi connectivity index (χ1v) is 6.32. The summed E-state index contributed by atoms with van der Waals surface area (Å²) in [6.07, 6.45) is 0. The van der Waals surface area contributed by atoms with E-state index in [1.165, 1.54) is 11.4 Å². The zero-order valence-electron chi connectivity index (χ0n) is 9.98. The molecule has 0 aliphatic carbocycles. The molecule has 1 aromatic rings. The Morgan fingerprint density at radius 1 is 1.18 bits per heavy atom. The van der Waals surface area contributed by atoms with Crippen LogP contribution in [0.3, 0.4) is 0 Å². The molecule has 0 unspecified atom stereocenters. The number of morpholine rings is 1. The van der Waals surface area contributed by atoms with Gasteiger partial charge in [0.15, 0.2) is 0 Å². The van der Waals surface area contributed by atoms with E-state index in [9.17, 15) is 0 Å². The van der Waals surface area contributed by atoms with Crippen LogP contribution in [0.15, 0.2) is 24.3 Å². The number of hydrogen-bond donors (Lipinski definition) is 2. The lowest BCUT2D eigenvalue weighted by Gasteiger charge is -2.34. The van der Waals surface area contributed by atoms with Crippen LogP contribution >= 0.6 is 0 Å². The number of nitrogens with one attached hydrogen (secondary N) is 2. The van der Waals surface area contributed by atoms with Gasteiger partial charge in [-0.3, -0.25) is 0 Å². The molecule has 2 heterocycles. The summed E-state index contributed by atoms with van der Waals surface area (Å²) in [6, 6.07) is 9.15. The average molecular weight is 233 g/mol. The Hall–Kier alpha value is -1.26. The molecule has 2 saturated heterocycles. The van der Waals surface area contributed by atoms with Crippen molar-refractivity contribution in [1.29, 1.82) is 0 Å². The highest BCUT2D eigenvalue weighted by Gasteiger charge is 2.19. The third kappa shape index (κ3) is 2.37. The quantitative estimate of drug-likeness (QED) is 0.813. The highest BCUT2D eigenvalue weighted by atomic mass is 16.5. The third-order valence-electron chi connectivity index (χ3n) is 3.40. The first-order valence-electron chi connectivity index (χ1n) is 6.32. The fourth-order valence-corrected chi connectivity index (χ4v) is 2.29. The molecule has 0 radical (unpaired) electrons. The van der Waals surface area contributed by atoms with E-state index in [1.54, 1.807) is 0 Å². The van der Waals surface area contributed by atoms with E-state index in [0.717, 1.165) is 39.4 Å². The third-order valence-corrected chi connectivity index (χ3v) is 3.40. The lowest BCUT2D eigenvalue weighted by atomic mass is 10.1. The Morgan fingerprint density at radius 2 is 1.94 bits per heavy atom. The fraction of sp³-hybridized carbons (Fsp3) is 0.538. The van der Waals surface area contributed by atoms with Crippen LogP contribution in [-0.4, -0.2) is 45.4 Å². The number of hydrogen-bond acceptors (Lipinski definition) is 4. The van der Waals surface area contributed by atoms with Gasteiger partial charge in [-0.25, -0.2) is 0 Å². The van der Waals surface area contributed by atoms with Gasteiger partial charge in [0.25, 0.3) is 0 Å². The van der Waals surface area contributed by atoms with Crippen LogP contribution in [0, 0.1) is 0 Å². The zero-order chi connectivity index (χ0) is 11.5. The minimum absolute atomic E-state index is 0.581. The summed E-state index contributed by atoms with van der Waals surface area (Å²) in [5, 5.41) is 6.88. The van der Waals surface area contributed by atoms with Gasteiger partial charge in [-0.2, -0.15) is 0 Å². The largest absolute Gasteiger partial charge is 0.378 e. The Bertz CT molecular complexity index is 373. The first-order chi connectivity index (χ1) is 8.43. The van der Waals surface area contributed by atoms with Gasteiger partial charge >= 0.3 is 0 Å². The Labute approximate surface area is 102 Å². The minimum Gasteiger partial charge on any atom is -0.378 e. The SMILES string of the molecule is c1ccc(N2CCOCC2)c(NC2CNC2)c1. The van der Waals surface area contributed by atoms with Crippen LogP contribution in [0.2, 0.25) is 0 Å². The van der Waals surface area contributed by atoms with Crippen molar-refractivity contribution in [3.8, 4) is 0 Å². The normalized spacial score (nSPS) is 21.1. The van der Waals surface area contributed by atoms with E-state index in [1.807, 2.05) is 0 Å². The Balaban J connectivity index is 1.76. The number of nitrogens with zero attached hydrogens (tertiary/aromatic N) is 1. The molecule has 92 valence electrons. The number of para-hydroxylation sites is 2. The molecular weight excluding hydrogens is 214 g/mol. The predicted molar refractivity (Wildman–Crippen MR) is 69.8 cm³/mol. The number of anilines is 2. The van der Waals surface area contributed by atoms with Gasteiger partial charge in [0.05, 0.1) is 30.6 Å². The second kappa shape index (κ2) is 4.94. The van der Waals surface area contributed by atoms with Crippen LogP contribution < -0.4 is 15.5 Å². The van der Waals surface area contributed by atoms with Gasteiger partial charge in [-0.1, -0.05) is 12.1 Å². The van der Waals surface area contributed by atoms with Crippen molar-refractivity contribution < 1.29 is 4.74 Å². The Kier molecular flexibility index (Phi) is 3.16. The molecule has 4 heteroatoms. The van der Waals surface area contributed by atoms with Crippen LogP contribution in [0.25, 0.3) is 0 Å². The van der Waals surface area contributed by atoms with Crippen molar-refractivity contribution in [2.24, 2.45) is 0 Å². The van der Waals surface area contributed by atoms with Gasteiger partial charge in [-0.05, 0) is 12.1 Å². The van der Waals surface area contributed by atoms with E-state index in [4.69, 9.17) is 4.74 Å². The standard InChI is InChI=1S/C13H19N3O/c1-2-4-13(16-5-7-17-8-6-16)12(3-1)15-11-9-14-10-11/h1-4,11,14-15H,5-10H2. The molecular formula is C13H19N3O. The summed E-state index contributed by atoms with van der Waals surface area (Å²) < 4.78 is 5.40. The summed E-state index contributed by atoms with van der Waals surface area (Å²) in [6.45, 7) is 5.77. The zero-order valence-corrected chi connectivity index (χ0v) is 9.98. The lowest BCUT2D eigenvalue weighted by Crippen LogP contribution is -2.51. The molecule has 0 spiro atoms. The summed E-state index contributed by atoms with van der Waals surface area (Å²) in [5.74, 6) is 0. The highest BCUT2D eigenvalue weighted by Crippen LogP contribution is 2.27. The van der Waals surface area contributed by atoms with Crippen molar-refractivity contribution in [2.75, 3.05) is 49.6 Å². The van der Waals surface area contributed by atoms with E-state index in [0.29, 0.717) is 6.04 Å². The maximum Gasteiger partial charge on any atom is 0.0642 e. The smallest absolute Gasteiger partial charge is 0.0642 e. The summed E-state index contributed by atoms with van der Waals surface area (Å²) >= 11 is 0. The molecule has 17 heavy (non-hydrogen) atoms. The average Bonchev–Trinajstić information content (AvgIpc) is 2.35. The summed E-state index contributed by atoms with van der Waals surface area (Å²) in [4.78, 5) is 2.40. The molecule has 2 aliphatic heterocycles. The highest BCUT2D eigenvalue weighted by molar-refractivity contribution is 5.70. The van der Waals surface area contributed by atoms with Crippen LogP contribution in [0.1, 0.15) is 0 Å². The van der Waals surface area contributed by atoms with Crippen molar-refractivity contribution in [1.82, 2.24) is 5.32 Å². The second-order valence-electron chi connectivity index (χ2n) is 4.62. The molecule has 2 N–H and O–H groups in total. The molecule has 2 fully saturated rings. The van der Waals surface area contributed by atoms with Crippen LogP contribution in [0.4, 0.5) is 11.4 Å². The predicted octanol–water partition coefficient (Wildman–Crippen LogP) is 0.907. The van der Waals surface area contributed by atoms with Gasteiger partial charge in [0.1, 0.15) is 0 Å². The lowest BCUT2D eigenvalue weighted by molar-refractivity contribution is 0.123. The van der Waals surface area contributed by atoms with E-state index in [-0.39, 0.29) is 0 Å². The fourth-order valence-electron chi connectivity index (χ4n) is 2.29. The molecule has 0 bridgehead atoms. The maximum absolute atomic E-state index is 5.40. The molecule has 0 amide bonds. The van der Waals surface area contributed by atoms with Crippen molar-refractivity contribution >= 4 is 11.4 Å². The van der Waals surface area contributed by atoms with E-state index >= 15 is 0 Å². The number of rotatable bonds is 3. The number of benzene rings is 1. The van der Waals surface area contributed by atoms with E-state index in [2.05, 4.69) is 39.8 Å². The molecule has 4 nitrogen and oxygen atoms in total. The van der Waals surface area contributed by atoms with Crippen molar-refractivity contribution in [2.45, 2.75) is 6.04 Å². The topological polar surface area (TPSA) is 36.5 Å². The van der Waals surface area contributed by atoms with Gasteiger partial charge in [0, 0.05) is 26.2 Å². The van der Waals surface area contributed by atoms with Crippen molar-refractivity contribution in [3.63, 3.8) is 0 Å². The monoisotopic (exact) mass is 233 g/mol. The summed E-state index contributed by atoms with van der Waals surface area (Å²) in [7, 11) is 0. The molecule has 0 saturated carbocycles. The van der Waals surface area contributed by atoms with Gasteiger partial charge < -0.3 is 20.3 Å². The molecule has 3 rings (SSSR count). The van der Waals surface area contributed by atoms with E-state index < -0.39 is 0 Å². The molecule has 0 aromatic heterocycles. The van der Waals surface area contributed by atoms with Gasteiger partial charge in [0.2, 0.25) is 0 Å². The second-order valence-corrected chi connectivity index (χ2v) is 4.62. The minimum atomic E-state index is 0.581. The molecule has 2 aliphatic rings. The van der Waals surface area contributed by atoms with Crippen LogP contribution in [-0.2, 0) is 4.74 Å².